The smallest absolute Gasteiger partial charge is 0.217 e. The largest absolute Gasteiger partial charge is 0.494 e. The molecule has 1 aliphatic rings. The lowest BCUT2D eigenvalue weighted by molar-refractivity contribution is -0.119. The van der Waals surface area contributed by atoms with Gasteiger partial charge in [-0.1, -0.05) is 18.2 Å². The Morgan fingerprint density at radius 1 is 1.43 bits per heavy atom. The summed E-state index contributed by atoms with van der Waals surface area (Å²) in [4.78, 5) is 13.5. The van der Waals surface area contributed by atoms with Gasteiger partial charge in [0.15, 0.2) is 0 Å². The van der Waals surface area contributed by atoms with E-state index in [1.165, 1.54) is 6.92 Å². The van der Waals surface area contributed by atoms with Crippen LogP contribution >= 0.6 is 0 Å². The van der Waals surface area contributed by atoms with E-state index in [0.29, 0.717) is 6.61 Å². The van der Waals surface area contributed by atoms with Gasteiger partial charge in [-0.2, -0.15) is 0 Å². The number of para-hydroxylation sites is 1. The van der Waals surface area contributed by atoms with E-state index in [1.54, 1.807) is 0 Å². The lowest BCUT2D eigenvalue weighted by Gasteiger charge is -2.18. The Morgan fingerprint density at radius 3 is 2.86 bits per heavy atom. The number of aliphatic hydroxyl groups is 1. The van der Waals surface area contributed by atoms with E-state index in [9.17, 15) is 9.90 Å². The maximum atomic E-state index is 11.2. The van der Waals surface area contributed by atoms with Crippen LogP contribution < -0.4 is 10.1 Å². The molecule has 116 valence electrons. The van der Waals surface area contributed by atoms with Crippen LogP contribution in [0.5, 0.6) is 5.75 Å². The molecule has 1 aromatic carbocycles. The summed E-state index contributed by atoms with van der Waals surface area (Å²) in [5.41, 5.74) is 1.14. The molecule has 0 aliphatic carbocycles. The first-order valence-electron chi connectivity index (χ1n) is 7.45. The number of benzene rings is 1. The minimum absolute atomic E-state index is 0.0201. The summed E-state index contributed by atoms with van der Waals surface area (Å²) in [6, 6.07) is 8.03. The molecule has 0 radical (unpaired) electrons. The van der Waals surface area contributed by atoms with Gasteiger partial charge in [-0.15, -0.1) is 0 Å². The molecule has 2 atom stereocenters. The van der Waals surface area contributed by atoms with Gasteiger partial charge in [0.05, 0.1) is 6.61 Å². The molecule has 5 heteroatoms. The number of carbonyl (C=O) groups excluding carboxylic acids is 1. The molecule has 0 bridgehead atoms. The number of amides is 1. The third-order valence-electron chi connectivity index (χ3n) is 3.81. The van der Waals surface area contributed by atoms with E-state index in [2.05, 4.69) is 16.3 Å². The summed E-state index contributed by atoms with van der Waals surface area (Å²) in [6.45, 7) is 6.53. The Bertz CT molecular complexity index is 478. The number of nitrogens with zero attached hydrogens (tertiary/aromatic N) is 1. The lowest BCUT2D eigenvalue weighted by Crippen LogP contribution is -2.40. The van der Waals surface area contributed by atoms with Crippen LogP contribution in [-0.2, 0) is 11.3 Å². The van der Waals surface area contributed by atoms with Gasteiger partial charge in [0.2, 0.25) is 5.91 Å². The lowest BCUT2D eigenvalue weighted by atomic mass is 10.1. The number of hydrogen-bond donors (Lipinski definition) is 2. The first-order valence-corrected chi connectivity index (χ1v) is 7.45. The van der Waals surface area contributed by atoms with Gasteiger partial charge in [0.1, 0.15) is 5.75 Å². The third-order valence-corrected chi connectivity index (χ3v) is 3.81. The van der Waals surface area contributed by atoms with Gasteiger partial charge < -0.3 is 15.2 Å². The van der Waals surface area contributed by atoms with Crippen LogP contribution in [0.4, 0.5) is 0 Å². The fourth-order valence-electron chi connectivity index (χ4n) is 2.87. The van der Waals surface area contributed by atoms with Gasteiger partial charge in [0, 0.05) is 50.7 Å². The number of carbonyl (C=O) groups is 1. The molecule has 0 saturated carbocycles. The van der Waals surface area contributed by atoms with Crippen molar-refractivity contribution in [2.45, 2.75) is 26.4 Å². The van der Waals surface area contributed by atoms with Crippen molar-refractivity contribution in [1.29, 1.82) is 0 Å². The number of rotatable bonds is 6. The van der Waals surface area contributed by atoms with Crippen LogP contribution in [0.3, 0.4) is 0 Å². The van der Waals surface area contributed by atoms with Crippen molar-refractivity contribution in [2.24, 2.45) is 5.92 Å². The van der Waals surface area contributed by atoms with Gasteiger partial charge >= 0.3 is 0 Å². The van der Waals surface area contributed by atoms with Crippen molar-refractivity contribution < 1.29 is 14.6 Å². The summed E-state index contributed by atoms with van der Waals surface area (Å²) in [5, 5.41) is 12.4. The zero-order chi connectivity index (χ0) is 15.2. The van der Waals surface area contributed by atoms with Crippen molar-refractivity contribution in [1.82, 2.24) is 10.2 Å². The molecule has 5 nitrogen and oxygen atoms in total. The van der Waals surface area contributed by atoms with Crippen LogP contribution in [0.1, 0.15) is 19.4 Å². The van der Waals surface area contributed by atoms with Crippen LogP contribution in [0.15, 0.2) is 24.3 Å². The molecule has 0 aromatic heterocycles. The highest BCUT2D eigenvalue weighted by Crippen LogP contribution is 2.24. The molecule has 1 amide bonds. The number of hydrogen-bond acceptors (Lipinski definition) is 4. The molecule has 1 aliphatic heterocycles. The molecule has 0 unspecified atom stereocenters. The molecule has 2 N–H and O–H groups in total. The van der Waals surface area contributed by atoms with E-state index in [4.69, 9.17) is 4.74 Å². The quantitative estimate of drug-likeness (QED) is 0.821. The van der Waals surface area contributed by atoms with Crippen molar-refractivity contribution in [3.05, 3.63) is 29.8 Å². The Kier molecular flexibility index (Phi) is 5.59. The predicted molar refractivity (Wildman–Crippen MR) is 81.1 cm³/mol. The Balaban J connectivity index is 2.02. The minimum Gasteiger partial charge on any atom is -0.494 e. The van der Waals surface area contributed by atoms with Crippen molar-refractivity contribution in [2.75, 3.05) is 26.3 Å². The molecule has 1 saturated heterocycles. The number of aliphatic hydroxyl groups excluding tert-OH is 1. The SMILES string of the molecule is CCOc1ccccc1CN1C[C@@H](CO)[C@H](NC(C)=O)C1. The fourth-order valence-corrected chi connectivity index (χ4v) is 2.87. The van der Waals surface area contributed by atoms with Crippen LogP contribution in [0.25, 0.3) is 0 Å². The van der Waals surface area contributed by atoms with Crippen LogP contribution in [-0.4, -0.2) is 48.3 Å². The van der Waals surface area contributed by atoms with E-state index in [0.717, 1.165) is 30.9 Å². The molecule has 2 rings (SSSR count). The van der Waals surface area contributed by atoms with Gasteiger partial charge in [-0.05, 0) is 13.0 Å². The first kappa shape index (κ1) is 15.8. The maximum Gasteiger partial charge on any atom is 0.217 e. The molecule has 1 aromatic rings. The molecule has 1 fully saturated rings. The van der Waals surface area contributed by atoms with Crippen LogP contribution in [0, 0.1) is 5.92 Å². The zero-order valence-electron chi connectivity index (χ0n) is 12.7. The number of ether oxygens (including phenoxy) is 1. The van der Waals surface area contributed by atoms with E-state index in [-0.39, 0.29) is 24.5 Å². The summed E-state index contributed by atoms with van der Waals surface area (Å²) in [7, 11) is 0. The van der Waals surface area contributed by atoms with Gasteiger partial charge in [-0.3, -0.25) is 9.69 Å². The third kappa shape index (κ3) is 4.19. The average Bonchev–Trinajstić information content (AvgIpc) is 2.82. The first-order chi connectivity index (χ1) is 10.1. The highest BCUT2D eigenvalue weighted by molar-refractivity contribution is 5.73. The van der Waals surface area contributed by atoms with Crippen molar-refractivity contribution >= 4 is 5.91 Å². The molecule has 21 heavy (non-hydrogen) atoms. The Hall–Kier alpha value is -1.59. The second kappa shape index (κ2) is 7.43. The normalized spacial score (nSPS) is 22.2. The number of likely N-dealkylation sites (tertiary alicyclic amines) is 1. The minimum atomic E-state index is -0.0463. The molecular formula is C16H24N2O3. The number of nitrogens with one attached hydrogen (secondary N) is 1. The summed E-state index contributed by atoms with van der Waals surface area (Å²) < 4.78 is 5.65. The Morgan fingerprint density at radius 2 is 2.19 bits per heavy atom. The fraction of sp³-hybridized carbons (Fsp3) is 0.562. The monoisotopic (exact) mass is 292 g/mol. The van der Waals surface area contributed by atoms with Crippen molar-refractivity contribution in [3.63, 3.8) is 0 Å². The second-order valence-electron chi connectivity index (χ2n) is 5.48. The Labute approximate surface area is 125 Å². The second-order valence-corrected chi connectivity index (χ2v) is 5.48. The summed E-state index contributed by atoms with van der Waals surface area (Å²) in [6.07, 6.45) is 0. The summed E-state index contributed by atoms with van der Waals surface area (Å²) >= 11 is 0. The zero-order valence-corrected chi connectivity index (χ0v) is 12.7. The maximum absolute atomic E-state index is 11.2. The standard InChI is InChI=1S/C16H24N2O3/c1-3-21-16-7-5-4-6-13(16)8-18-9-14(11-19)15(10-18)17-12(2)20/h4-7,14-15,19H,3,8-11H2,1-2H3,(H,17,20)/t14-,15+/m0/s1. The molecule has 1 heterocycles. The predicted octanol–water partition coefficient (Wildman–Crippen LogP) is 1.01. The topological polar surface area (TPSA) is 61.8 Å². The van der Waals surface area contributed by atoms with E-state index < -0.39 is 0 Å². The average molecular weight is 292 g/mol. The van der Waals surface area contributed by atoms with Gasteiger partial charge in [0.25, 0.3) is 0 Å². The summed E-state index contributed by atoms with van der Waals surface area (Å²) in [5.74, 6) is 0.951. The van der Waals surface area contributed by atoms with E-state index >= 15 is 0 Å². The van der Waals surface area contributed by atoms with Gasteiger partial charge in [-0.25, -0.2) is 0 Å². The molecule has 0 spiro atoms. The van der Waals surface area contributed by atoms with Crippen molar-refractivity contribution in [3.8, 4) is 5.75 Å². The molecular weight excluding hydrogens is 268 g/mol. The van der Waals surface area contributed by atoms with E-state index in [1.807, 2.05) is 25.1 Å². The van der Waals surface area contributed by atoms with Crippen LogP contribution in [0.2, 0.25) is 0 Å². The highest BCUT2D eigenvalue weighted by atomic mass is 16.5. The highest BCUT2D eigenvalue weighted by Gasteiger charge is 2.32.